The summed E-state index contributed by atoms with van der Waals surface area (Å²) in [5, 5.41) is 7.36. The maximum absolute atomic E-state index is 10.4. The molecular formula is C7H7N3O2S. The molecule has 0 aliphatic rings. The molecule has 0 N–H and O–H groups in total. The fourth-order valence-electron chi connectivity index (χ4n) is 0.789. The van der Waals surface area contributed by atoms with Crippen molar-refractivity contribution in [1.29, 1.82) is 0 Å². The number of aromatic nitrogens is 3. The molecule has 0 saturated carbocycles. The molecule has 0 atom stereocenters. The zero-order valence-corrected chi connectivity index (χ0v) is 7.53. The van der Waals surface area contributed by atoms with E-state index in [0.717, 1.165) is 5.49 Å². The van der Waals surface area contributed by atoms with Crippen molar-refractivity contribution in [3.63, 3.8) is 0 Å². The molecule has 0 amide bonds. The lowest BCUT2D eigenvalue weighted by molar-refractivity contribution is 0.627. The van der Waals surface area contributed by atoms with Gasteiger partial charge in [0.15, 0.2) is 11.6 Å². The smallest absolute Gasteiger partial charge is 0.231 e. The van der Waals surface area contributed by atoms with Crippen LogP contribution in [0, 0.1) is 0 Å². The van der Waals surface area contributed by atoms with Gasteiger partial charge in [-0.2, -0.15) is 8.42 Å². The Kier molecular flexibility index (Phi) is 2.76. The lowest BCUT2D eigenvalue weighted by atomic mass is 10.5. The van der Waals surface area contributed by atoms with Gasteiger partial charge in [-0.15, -0.1) is 10.2 Å². The molecule has 0 radical (unpaired) electrons. The molecular weight excluding hydrogens is 190 g/mol. The number of hydrogen-bond donors (Lipinski definition) is 0. The van der Waals surface area contributed by atoms with Crippen LogP contribution in [-0.4, -0.2) is 28.7 Å². The Bertz CT molecular complexity index is 436. The summed E-state index contributed by atoms with van der Waals surface area (Å²) in [7, 11) is -2.31. The Morgan fingerprint density at radius 2 is 1.62 bits per heavy atom. The standard InChI is InChI=1S/C7H7N3O2S/c1-3-6-8-9-7(4-2)10(6)5-13(11)12/h3-5H,1-2H2. The van der Waals surface area contributed by atoms with Gasteiger partial charge in [-0.05, 0) is 12.2 Å². The minimum atomic E-state index is -2.31. The normalized spacial score (nSPS) is 9.23. The van der Waals surface area contributed by atoms with Gasteiger partial charge in [-0.25, -0.2) is 0 Å². The number of rotatable bonds is 3. The molecule has 13 heavy (non-hydrogen) atoms. The maximum atomic E-state index is 10.4. The first-order valence-corrected chi connectivity index (χ1v) is 4.45. The lowest BCUT2D eigenvalue weighted by Crippen LogP contribution is -2.01. The average Bonchev–Trinajstić information content (AvgIpc) is 2.46. The van der Waals surface area contributed by atoms with Crippen molar-refractivity contribution in [2.24, 2.45) is 0 Å². The molecule has 1 heterocycles. The highest BCUT2D eigenvalue weighted by atomic mass is 32.2. The van der Waals surface area contributed by atoms with Crippen LogP contribution in [0.1, 0.15) is 11.6 Å². The Hall–Kier alpha value is -1.69. The van der Waals surface area contributed by atoms with Gasteiger partial charge in [0.05, 0.1) is 0 Å². The van der Waals surface area contributed by atoms with Gasteiger partial charge in [-0.3, -0.25) is 4.57 Å². The monoisotopic (exact) mass is 197 g/mol. The second kappa shape index (κ2) is 3.81. The van der Waals surface area contributed by atoms with E-state index in [1.807, 2.05) is 0 Å². The van der Waals surface area contributed by atoms with E-state index in [1.54, 1.807) is 0 Å². The highest BCUT2D eigenvalue weighted by Crippen LogP contribution is 2.00. The SMILES string of the molecule is C=Cc1nnc(C=C)n1C=S(=O)=O. The fourth-order valence-corrected chi connectivity index (χ4v) is 1.18. The van der Waals surface area contributed by atoms with Gasteiger partial charge in [0.2, 0.25) is 10.3 Å². The third-order valence-corrected chi connectivity index (χ3v) is 1.69. The van der Waals surface area contributed by atoms with Gasteiger partial charge in [0.25, 0.3) is 0 Å². The van der Waals surface area contributed by atoms with E-state index in [4.69, 9.17) is 0 Å². The lowest BCUT2D eigenvalue weighted by Gasteiger charge is -1.93. The van der Waals surface area contributed by atoms with E-state index >= 15 is 0 Å². The van der Waals surface area contributed by atoms with E-state index in [-0.39, 0.29) is 0 Å². The summed E-state index contributed by atoms with van der Waals surface area (Å²) in [6, 6.07) is 0. The van der Waals surface area contributed by atoms with E-state index < -0.39 is 10.3 Å². The van der Waals surface area contributed by atoms with Crippen molar-refractivity contribution in [3.8, 4) is 0 Å². The van der Waals surface area contributed by atoms with Crippen LogP contribution in [-0.2, 0) is 10.3 Å². The predicted molar refractivity (Wildman–Crippen MR) is 50.6 cm³/mol. The zero-order chi connectivity index (χ0) is 9.84. The third kappa shape index (κ3) is 1.91. The Balaban J connectivity index is 3.45. The van der Waals surface area contributed by atoms with E-state index in [9.17, 15) is 8.42 Å². The van der Waals surface area contributed by atoms with E-state index in [0.29, 0.717) is 11.6 Å². The summed E-state index contributed by atoms with van der Waals surface area (Å²) in [6.07, 6.45) is 2.81. The molecule has 0 fully saturated rings. The highest BCUT2D eigenvalue weighted by Gasteiger charge is 2.03. The second-order valence-electron chi connectivity index (χ2n) is 2.06. The largest absolute Gasteiger partial charge is 0.268 e. The summed E-state index contributed by atoms with van der Waals surface area (Å²) >= 11 is 0. The van der Waals surface area contributed by atoms with Crippen LogP contribution < -0.4 is 0 Å². The summed E-state index contributed by atoms with van der Waals surface area (Å²) in [4.78, 5) is 0. The van der Waals surface area contributed by atoms with Crippen molar-refractivity contribution < 1.29 is 8.42 Å². The van der Waals surface area contributed by atoms with Crippen molar-refractivity contribution in [2.45, 2.75) is 0 Å². The molecule has 0 saturated heterocycles. The minimum absolute atomic E-state index is 0.360. The molecule has 0 spiro atoms. The van der Waals surface area contributed by atoms with Crippen LogP contribution in [0.4, 0.5) is 0 Å². The van der Waals surface area contributed by atoms with E-state index in [1.165, 1.54) is 16.7 Å². The third-order valence-electron chi connectivity index (χ3n) is 1.31. The van der Waals surface area contributed by atoms with Gasteiger partial charge in [0, 0.05) is 0 Å². The Labute approximate surface area is 76.6 Å². The average molecular weight is 197 g/mol. The number of hydrogen-bond acceptors (Lipinski definition) is 4. The summed E-state index contributed by atoms with van der Waals surface area (Å²) < 4.78 is 22.1. The molecule has 68 valence electrons. The minimum Gasteiger partial charge on any atom is -0.268 e. The predicted octanol–water partition coefficient (Wildman–Crippen LogP) is 0.0510. The van der Waals surface area contributed by atoms with Crippen LogP contribution in [0.5, 0.6) is 0 Å². The summed E-state index contributed by atoms with van der Waals surface area (Å²) in [6.45, 7) is 6.94. The molecule has 0 bridgehead atoms. The second-order valence-corrected chi connectivity index (χ2v) is 2.79. The van der Waals surface area contributed by atoms with Gasteiger partial charge in [0.1, 0.15) is 5.49 Å². The van der Waals surface area contributed by atoms with Gasteiger partial charge < -0.3 is 0 Å². The first kappa shape index (κ1) is 9.40. The van der Waals surface area contributed by atoms with Crippen LogP contribution in [0.15, 0.2) is 13.2 Å². The molecule has 0 unspecified atom stereocenters. The molecule has 0 aliphatic heterocycles. The maximum Gasteiger partial charge on any atom is 0.231 e. The van der Waals surface area contributed by atoms with Gasteiger partial charge in [-0.1, -0.05) is 13.2 Å². The molecule has 6 heteroatoms. The fraction of sp³-hybridized carbons (Fsp3) is 0. The molecule has 0 aromatic carbocycles. The van der Waals surface area contributed by atoms with Crippen molar-refractivity contribution in [1.82, 2.24) is 14.8 Å². The number of nitrogens with zero attached hydrogens (tertiary/aromatic N) is 3. The van der Waals surface area contributed by atoms with Crippen LogP contribution in [0.2, 0.25) is 0 Å². The molecule has 1 aromatic rings. The first-order chi connectivity index (χ1) is 6.19. The Morgan fingerprint density at radius 1 is 1.15 bits per heavy atom. The molecule has 1 rings (SSSR count). The van der Waals surface area contributed by atoms with E-state index in [2.05, 4.69) is 23.4 Å². The van der Waals surface area contributed by atoms with Crippen LogP contribution in [0.25, 0.3) is 12.2 Å². The molecule has 5 nitrogen and oxygen atoms in total. The highest BCUT2D eigenvalue weighted by molar-refractivity contribution is 7.71. The zero-order valence-electron chi connectivity index (χ0n) is 6.71. The first-order valence-electron chi connectivity index (χ1n) is 3.32. The van der Waals surface area contributed by atoms with Gasteiger partial charge >= 0.3 is 0 Å². The quantitative estimate of drug-likeness (QED) is 0.642. The van der Waals surface area contributed by atoms with Crippen molar-refractivity contribution in [3.05, 3.63) is 24.8 Å². The summed E-state index contributed by atoms with van der Waals surface area (Å²) in [5.74, 6) is 0.721. The Morgan fingerprint density at radius 3 is 1.92 bits per heavy atom. The van der Waals surface area contributed by atoms with Crippen molar-refractivity contribution in [2.75, 3.05) is 0 Å². The summed E-state index contributed by atoms with van der Waals surface area (Å²) in [5.41, 5.74) is 0.952. The topological polar surface area (TPSA) is 64.8 Å². The van der Waals surface area contributed by atoms with Crippen LogP contribution in [0.3, 0.4) is 0 Å². The van der Waals surface area contributed by atoms with Crippen molar-refractivity contribution >= 4 is 27.9 Å². The molecule has 0 aliphatic carbocycles. The van der Waals surface area contributed by atoms with Crippen LogP contribution >= 0.6 is 0 Å². The molecule has 1 aromatic heterocycles.